The molecule has 0 radical (unpaired) electrons. The Morgan fingerprint density at radius 1 is 0.489 bits per heavy atom. The van der Waals surface area contributed by atoms with Gasteiger partial charge in [-0.05, 0) is 71.4 Å². The molecule has 208 valence electrons. The lowest BCUT2D eigenvalue weighted by Crippen LogP contribution is -1.87. The highest BCUT2D eigenvalue weighted by molar-refractivity contribution is 7.25. The fraction of sp³-hybridized carbons (Fsp3) is 0. The van der Waals surface area contributed by atoms with Crippen molar-refractivity contribution in [1.29, 1.82) is 0 Å². The van der Waals surface area contributed by atoms with Gasteiger partial charge in [0.1, 0.15) is 10.3 Å². The van der Waals surface area contributed by atoms with E-state index in [0.717, 1.165) is 37.7 Å². The molecule has 12 rings (SSSR count). The molecule has 5 heteroatoms. The first kappa shape index (κ1) is 23.6. The van der Waals surface area contributed by atoms with E-state index in [1.54, 1.807) is 11.3 Å². The SMILES string of the molecule is c1ccc2c(c1)c1c3c4ccccc4n4c5cccc(c5)c5cnc6sc7ccc(cc7c6n5)c5cccc(c5)n2c1ccc34. The van der Waals surface area contributed by atoms with Crippen molar-refractivity contribution in [3.8, 4) is 0 Å². The zero-order valence-corrected chi connectivity index (χ0v) is 24.7. The van der Waals surface area contributed by atoms with Gasteiger partial charge in [0.25, 0.3) is 0 Å². The van der Waals surface area contributed by atoms with Gasteiger partial charge in [-0.25, -0.2) is 9.97 Å². The van der Waals surface area contributed by atoms with Gasteiger partial charge in [0.05, 0.1) is 33.8 Å². The van der Waals surface area contributed by atoms with Crippen molar-refractivity contribution in [2.24, 2.45) is 0 Å². The lowest BCUT2D eigenvalue weighted by atomic mass is 10.1. The summed E-state index contributed by atoms with van der Waals surface area (Å²) < 4.78 is 6.03. The molecule has 6 heterocycles. The number of hydrogen-bond donors (Lipinski definition) is 0. The van der Waals surface area contributed by atoms with Crippen molar-refractivity contribution in [3.05, 3.63) is 134 Å². The van der Waals surface area contributed by atoms with Gasteiger partial charge in [-0.1, -0.05) is 66.7 Å². The van der Waals surface area contributed by atoms with E-state index >= 15 is 0 Å². The minimum absolute atomic E-state index is 0.879. The van der Waals surface area contributed by atoms with Crippen molar-refractivity contribution >= 4 is 108 Å². The minimum atomic E-state index is 0.879. The van der Waals surface area contributed by atoms with Crippen molar-refractivity contribution in [1.82, 2.24) is 18.8 Å². The third-order valence-electron chi connectivity index (χ3n) is 9.49. The summed E-state index contributed by atoms with van der Waals surface area (Å²) in [7, 11) is 0. The summed E-state index contributed by atoms with van der Waals surface area (Å²) in [6, 6.07) is 46.6. The van der Waals surface area contributed by atoms with Crippen LogP contribution in [-0.2, 0) is 0 Å². The zero-order chi connectivity index (χ0) is 29.2. The molecule has 0 aliphatic carbocycles. The quantitative estimate of drug-likeness (QED) is 0.176. The largest absolute Gasteiger partial charge is 0.309 e. The number of nitrogens with zero attached hydrogens (tertiary/aromatic N) is 4. The van der Waals surface area contributed by atoms with E-state index in [0.29, 0.717) is 0 Å². The molecule has 6 aromatic carbocycles. The smallest absolute Gasteiger partial charge is 0.143 e. The van der Waals surface area contributed by atoms with Crippen molar-refractivity contribution < 1.29 is 0 Å². The van der Waals surface area contributed by atoms with E-state index in [1.807, 2.05) is 6.20 Å². The summed E-state index contributed by atoms with van der Waals surface area (Å²) in [5.74, 6) is 0. The molecule has 0 saturated heterocycles. The number of rotatable bonds is 0. The Balaban J connectivity index is 1.50. The van der Waals surface area contributed by atoms with Gasteiger partial charge in [0.2, 0.25) is 0 Å². The van der Waals surface area contributed by atoms with Gasteiger partial charge in [-0.15, -0.1) is 11.3 Å². The van der Waals surface area contributed by atoms with E-state index in [9.17, 15) is 0 Å². The Hall–Kier alpha value is -5.78. The maximum atomic E-state index is 5.24. The van der Waals surface area contributed by atoms with Gasteiger partial charge < -0.3 is 8.80 Å². The van der Waals surface area contributed by atoms with Crippen molar-refractivity contribution in [3.63, 3.8) is 0 Å². The molecule has 0 amide bonds. The highest BCUT2D eigenvalue weighted by atomic mass is 32.1. The van der Waals surface area contributed by atoms with Crippen LogP contribution in [0.5, 0.6) is 0 Å². The molecule has 0 atom stereocenters. The molecule has 0 aliphatic heterocycles. The molecule has 12 aromatic rings. The van der Waals surface area contributed by atoms with Gasteiger partial charge in [0, 0.05) is 48.1 Å². The molecule has 45 heavy (non-hydrogen) atoms. The molecular formula is C40H22N4S. The second-order valence-corrected chi connectivity index (χ2v) is 12.9. The number of benzene rings is 6. The van der Waals surface area contributed by atoms with E-state index in [2.05, 4.69) is 136 Å². The van der Waals surface area contributed by atoms with E-state index in [1.165, 1.54) is 59.1 Å². The van der Waals surface area contributed by atoms with E-state index < -0.39 is 0 Å². The fourth-order valence-corrected chi connectivity index (χ4v) is 8.53. The molecule has 0 spiro atoms. The monoisotopic (exact) mass is 590 g/mol. The number of hydrogen-bond acceptors (Lipinski definition) is 3. The first-order valence-corrected chi connectivity index (χ1v) is 16.0. The predicted molar refractivity (Wildman–Crippen MR) is 191 cm³/mol. The summed E-state index contributed by atoms with van der Waals surface area (Å²) in [5.41, 5.74) is 8.88. The highest BCUT2D eigenvalue weighted by Crippen LogP contribution is 2.41. The van der Waals surface area contributed by atoms with Gasteiger partial charge in [0.15, 0.2) is 0 Å². The van der Waals surface area contributed by atoms with Crippen LogP contribution in [-0.4, -0.2) is 18.8 Å². The molecule has 0 aliphatic rings. The van der Waals surface area contributed by atoms with Crippen molar-refractivity contribution in [2.45, 2.75) is 0 Å². The van der Waals surface area contributed by atoms with Crippen LogP contribution in [0.15, 0.2) is 134 Å². The standard InChI is InChI=1S/C40H22N4S/c1-3-13-32-28(11-1)37-34-16-17-35-38(37)29-12-2-4-14-33(29)44(35)27-10-6-8-25(20-27)31-22-41-40-39(42-31)30-21-24(15-18-36(30)45-40)23-7-5-9-26(19-23)43(32)34/h1-22H. The Kier molecular flexibility index (Phi) is 4.43. The molecular weight excluding hydrogens is 569 g/mol. The lowest BCUT2D eigenvalue weighted by molar-refractivity contribution is 1.32. The third kappa shape index (κ3) is 3.10. The summed E-state index contributed by atoms with van der Waals surface area (Å²) in [5, 5.41) is 9.60. The predicted octanol–water partition coefficient (Wildman–Crippen LogP) is 10.8. The normalized spacial score (nSPS) is 12.4. The Morgan fingerprint density at radius 2 is 1.11 bits per heavy atom. The summed E-state index contributed by atoms with van der Waals surface area (Å²) >= 11 is 1.70. The van der Waals surface area contributed by atoms with Crippen LogP contribution in [0, 0.1) is 0 Å². The van der Waals surface area contributed by atoms with E-state index in [4.69, 9.17) is 9.97 Å². The number of fused-ring (bicyclic) bond motifs is 3. The van der Waals surface area contributed by atoms with Crippen LogP contribution in [0.25, 0.3) is 96.8 Å². The Labute approximate surface area is 259 Å². The molecule has 6 aromatic heterocycles. The molecule has 0 unspecified atom stereocenters. The lowest BCUT2D eigenvalue weighted by Gasteiger charge is -2.03. The Bertz CT molecular complexity index is 2900. The van der Waals surface area contributed by atoms with Crippen LogP contribution in [0.2, 0.25) is 0 Å². The molecule has 0 N–H and O–H groups in total. The summed E-state index contributed by atoms with van der Waals surface area (Å²) in [4.78, 5) is 11.1. The molecule has 0 fully saturated rings. The second kappa shape index (κ2) is 8.44. The first-order chi connectivity index (χ1) is 22.3. The molecule has 4 nitrogen and oxygen atoms in total. The zero-order valence-electron chi connectivity index (χ0n) is 23.9. The van der Waals surface area contributed by atoms with Crippen LogP contribution >= 0.6 is 11.3 Å². The van der Waals surface area contributed by atoms with Gasteiger partial charge >= 0.3 is 0 Å². The van der Waals surface area contributed by atoms with E-state index in [-0.39, 0.29) is 0 Å². The fourth-order valence-electron chi connectivity index (χ4n) is 7.56. The average Bonchev–Trinajstić information content (AvgIpc) is 3.75. The molecule has 14 bridgehead atoms. The van der Waals surface area contributed by atoms with Crippen LogP contribution in [0.4, 0.5) is 0 Å². The van der Waals surface area contributed by atoms with Crippen LogP contribution in [0.3, 0.4) is 0 Å². The topological polar surface area (TPSA) is 34.6 Å². The maximum absolute atomic E-state index is 5.24. The van der Waals surface area contributed by atoms with Crippen LogP contribution < -0.4 is 0 Å². The number of para-hydroxylation sites is 2. The minimum Gasteiger partial charge on any atom is -0.309 e. The van der Waals surface area contributed by atoms with Crippen molar-refractivity contribution in [2.75, 3.05) is 0 Å². The third-order valence-corrected chi connectivity index (χ3v) is 10.6. The van der Waals surface area contributed by atoms with Gasteiger partial charge in [-0.2, -0.15) is 0 Å². The average molecular weight is 591 g/mol. The number of thiophene rings is 1. The Morgan fingerprint density at radius 3 is 1.82 bits per heavy atom. The maximum Gasteiger partial charge on any atom is 0.143 e. The van der Waals surface area contributed by atoms with Crippen LogP contribution in [0.1, 0.15) is 0 Å². The number of aromatic nitrogens is 4. The summed E-state index contributed by atoms with van der Waals surface area (Å²) in [6.45, 7) is 0. The first-order valence-electron chi connectivity index (χ1n) is 15.2. The van der Waals surface area contributed by atoms with Gasteiger partial charge in [-0.3, -0.25) is 0 Å². The highest BCUT2D eigenvalue weighted by Gasteiger charge is 2.18. The molecule has 0 saturated carbocycles. The summed E-state index contributed by atoms with van der Waals surface area (Å²) in [6.07, 6.45) is 1.92. The second-order valence-electron chi connectivity index (χ2n) is 11.9.